The van der Waals surface area contributed by atoms with Gasteiger partial charge in [0.15, 0.2) is 0 Å². The molecule has 1 atom stereocenters. The third-order valence-electron chi connectivity index (χ3n) is 4.88. The molecule has 0 bridgehead atoms. The van der Waals surface area contributed by atoms with E-state index in [1.165, 1.54) is 5.69 Å². The molecule has 1 unspecified atom stereocenters. The number of rotatable bonds is 6. The van der Waals surface area contributed by atoms with E-state index in [4.69, 9.17) is 9.47 Å². The number of hydrogen-bond donors (Lipinski definition) is 0. The van der Waals surface area contributed by atoms with E-state index in [1.54, 1.807) is 6.08 Å². The molecular weight excluding hydrogens is 316 g/mol. The highest BCUT2D eigenvalue weighted by atomic mass is 16.5. The first-order valence-corrected chi connectivity index (χ1v) is 9.23. The van der Waals surface area contributed by atoms with Gasteiger partial charge in [0.2, 0.25) is 5.91 Å². The van der Waals surface area contributed by atoms with Crippen molar-refractivity contribution in [1.29, 1.82) is 0 Å². The molecule has 0 aliphatic carbocycles. The smallest absolute Gasteiger partial charge is 0.246 e. The van der Waals surface area contributed by atoms with E-state index in [1.807, 2.05) is 17.9 Å². The number of morpholine rings is 1. The minimum absolute atomic E-state index is 0.0756. The Morgan fingerprint density at radius 2 is 1.96 bits per heavy atom. The van der Waals surface area contributed by atoms with Crippen molar-refractivity contribution in [3.63, 3.8) is 0 Å². The predicted octanol–water partition coefficient (Wildman–Crippen LogP) is 2.42. The molecule has 1 aromatic rings. The number of ether oxygens (including phenoxy) is 2. The summed E-state index contributed by atoms with van der Waals surface area (Å²) in [6, 6.07) is 8.36. The second-order valence-electron chi connectivity index (χ2n) is 6.63. The van der Waals surface area contributed by atoms with Gasteiger partial charge in [-0.3, -0.25) is 4.79 Å². The maximum absolute atomic E-state index is 12.4. The molecule has 25 heavy (non-hydrogen) atoms. The van der Waals surface area contributed by atoms with Crippen molar-refractivity contribution in [2.75, 3.05) is 57.5 Å². The lowest BCUT2D eigenvalue weighted by Crippen LogP contribution is -2.36. The fourth-order valence-corrected chi connectivity index (χ4v) is 3.30. The van der Waals surface area contributed by atoms with E-state index >= 15 is 0 Å². The maximum atomic E-state index is 12.4. The zero-order valence-electron chi connectivity index (χ0n) is 15.0. The monoisotopic (exact) mass is 344 g/mol. The molecule has 2 aliphatic heterocycles. The molecule has 2 heterocycles. The van der Waals surface area contributed by atoms with Gasteiger partial charge in [-0.1, -0.05) is 12.1 Å². The zero-order chi connectivity index (χ0) is 17.5. The number of amides is 1. The lowest BCUT2D eigenvalue weighted by Gasteiger charge is -2.28. The van der Waals surface area contributed by atoms with Gasteiger partial charge in [0.1, 0.15) is 0 Å². The van der Waals surface area contributed by atoms with E-state index in [9.17, 15) is 4.79 Å². The number of carbonyl (C=O) groups excluding carboxylic acids is 1. The van der Waals surface area contributed by atoms with Crippen LogP contribution in [0.2, 0.25) is 0 Å². The fraction of sp³-hybridized carbons (Fsp3) is 0.550. The number of likely N-dealkylation sites (N-methyl/N-ethyl adjacent to an activating group) is 1. The van der Waals surface area contributed by atoms with Crippen LogP contribution in [0.3, 0.4) is 0 Å². The number of anilines is 1. The molecular formula is C20H28N2O3. The first-order chi connectivity index (χ1) is 12.3. The summed E-state index contributed by atoms with van der Waals surface area (Å²) >= 11 is 0. The Morgan fingerprint density at radius 1 is 1.20 bits per heavy atom. The molecule has 136 valence electrons. The number of hydrogen-bond acceptors (Lipinski definition) is 4. The highest BCUT2D eigenvalue weighted by Gasteiger charge is 2.20. The number of nitrogens with zero attached hydrogens (tertiary/aromatic N) is 2. The Hall–Kier alpha value is -1.85. The summed E-state index contributed by atoms with van der Waals surface area (Å²) in [4.78, 5) is 16.7. The van der Waals surface area contributed by atoms with Gasteiger partial charge in [-0.2, -0.15) is 0 Å². The highest BCUT2D eigenvalue weighted by Crippen LogP contribution is 2.18. The van der Waals surface area contributed by atoms with Crippen LogP contribution in [0.15, 0.2) is 30.3 Å². The van der Waals surface area contributed by atoms with E-state index in [0.717, 1.165) is 64.6 Å². The average molecular weight is 344 g/mol. The molecule has 1 amide bonds. The summed E-state index contributed by atoms with van der Waals surface area (Å²) in [6.45, 7) is 8.58. The Balaban J connectivity index is 1.55. The predicted molar refractivity (Wildman–Crippen MR) is 99.7 cm³/mol. The van der Waals surface area contributed by atoms with Crippen LogP contribution < -0.4 is 4.90 Å². The second-order valence-corrected chi connectivity index (χ2v) is 6.63. The minimum atomic E-state index is 0.0756. The molecule has 0 radical (unpaired) electrons. The highest BCUT2D eigenvalue weighted by molar-refractivity contribution is 5.91. The van der Waals surface area contributed by atoms with Crippen LogP contribution in [0.5, 0.6) is 0 Å². The summed E-state index contributed by atoms with van der Waals surface area (Å²) < 4.78 is 10.8. The molecule has 5 nitrogen and oxygen atoms in total. The fourth-order valence-electron chi connectivity index (χ4n) is 3.30. The Kier molecular flexibility index (Phi) is 6.48. The standard InChI is InChI=1S/C20H28N2O3/c1-2-21(15-18-9-12-25-16-18)20(23)8-5-17-3-6-19(7-4-17)22-10-13-24-14-11-22/h3-8,18H,2,9-16H2,1H3. The summed E-state index contributed by atoms with van der Waals surface area (Å²) in [5, 5.41) is 0. The number of benzene rings is 1. The van der Waals surface area contributed by atoms with Gasteiger partial charge in [0, 0.05) is 50.5 Å². The van der Waals surface area contributed by atoms with Crippen LogP contribution in [0.1, 0.15) is 18.9 Å². The van der Waals surface area contributed by atoms with Crippen molar-refractivity contribution >= 4 is 17.7 Å². The summed E-state index contributed by atoms with van der Waals surface area (Å²) in [6.07, 6.45) is 4.64. The van der Waals surface area contributed by atoms with Crippen molar-refractivity contribution in [3.8, 4) is 0 Å². The van der Waals surface area contributed by atoms with Crippen LogP contribution in [0, 0.1) is 5.92 Å². The summed E-state index contributed by atoms with van der Waals surface area (Å²) in [5.74, 6) is 0.553. The van der Waals surface area contributed by atoms with E-state index in [0.29, 0.717) is 5.92 Å². The number of carbonyl (C=O) groups is 1. The molecule has 2 aliphatic rings. The minimum Gasteiger partial charge on any atom is -0.381 e. The second kappa shape index (κ2) is 9.02. The summed E-state index contributed by atoms with van der Waals surface area (Å²) in [7, 11) is 0. The van der Waals surface area contributed by atoms with Crippen molar-refractivity contribution in [2.45, 2.75) is 13.3 Å². The SMILES string of the molecule is CCN(CC1CCOC1)C(=O)C=Cc1ccc(N2CCOCC2)cc1. The van der Waals surface area contributed by atoms with E-state index in [2.05, 4.69) is 29.2 Å². The van der Waals surface area contributed by atoms with Gasteiger partial charge in [0.05, 0.1) is 19.8 Å². The lowest BCUT2D eigenvalue weighted by atomic mass is 10.1. The van der Waals surface area contributed by atoms with Gasteiger partial charge in [-0.15, -0.1) is 0 Å². The van der Waals surface area contributed by atoms with Gasteiger partial charge in [-0.05, 0) is 37.1 Å². The molecule has 2 saturated heterocycles. The molecule has 1 aromatic carbocycles. The Bertz CT molecular complexity index is 573. The molecule has 3 rings (SSSR count). The van der Waals surface area contributed by atoms with Gasteiger partial charge >= 0.3 is 0 Å². The van der Waals surface area contributed by atoms with Crippen LogP contribution in [0.25, 0.3) is 6.08 Å². The van der Waals surface area contributed by atoms with Crippen molar-refractivity contribution in [3.05, 3.63) is 35.9 Å². The zero-order valence-corrected chi connectivity index (χ0v) is 15.0. The van der Waals surface area contributed by atoms with Crippen LogP contribution in [-0.4, -0.2) is 63.4 Å². The molecule has 0 saturated carbocycles. The normalized spacial score (nSPS) is 21.0. The third-order valence-corrected chi connectivity index (χ3v) is 4.88. The lowest BCUT2D eigenvalue weighted by molar-refractivity contribution is -0.126. The third kappa shape index (κ3) is 5.06. The Labute approximate surface area is 150 Å². The maximum Gasteiger partial charge on any atom is 0.246 e. The topological polar surface area (TPSA) is 42.0 Å². The largest absolute Gasteiger partial charge is 0.381 e. The molecule has 0 aromatic heterocycles. The van der Waals surface area contributed by atoms with Gasteiger partial charge in [-0.25, -0.2) is 0 Å². The quantitative estimate of drug-likeness (QED) is 0.743. The van der Waals surface area contributed by atoms with Gasteiger partial charge < -0.3 is 19.3 Å². The molecule has 5 heteroatoms. The molecule has 2 fully saturated rings. The van der Waals surface area contributed by atoms with E-state index in [-0.39, 0.29) is 5.91 Å². The molecule has 0 spiro atoms. The van der Waals surface area contributed by atoms with Crippen LogP contribution in [-0.2, 0) is 14.3 Å². The van der Waals surface area contributed by atoms with Crippen LogP contribution in [0.4, 0.5) is 5.69 Å². The van der Waals surface area contributed by atoms with Crippen molar-refractivity contribution < 1.29 is 14.3 Å². The van der Waals surface area contributed by atoms with E-state index < -0.39 is 0 Å². The first kappa shape index (κ1) is 18.0. The molecule has 0 N–H and O–H groups in total. The van der Waals surface area contributed by atoms with Gasteiger partial charge in [0.25, 0.3) is 0 Å². The van der Waals surface area contributed by atoms with Crippen molar-refractivity contribution in [1.82, 2.24) is 4.90 Å². The first-order valence-electron chi connectivity index (χ1n) is 9.23. The van der Waals surface area contributed by atoms with Crippen molar-refractivity contribution in [2.24, 2.45) is 5.92 Å². The summed E-state index contributed by atoms with van der Waals surface area (Å²) in [5.41, 5.74) is 2.26. The Morgan fingerprint density at radius 3 is 2.60 bits per heavy atom. The average Bonchev–Trinajstić information content (AvgIpc) is 3.18. The van der Waals surface area contributed by atoms with Crippen LogP contribution >= 0.6 is 0 Å².